The predicted octanol–water partition coefficient (Wildman–Crippen LogP) is 0.714. The number of carbonyl (C=O) groups is 2. The Morgan fingerprint density at radius 3 is 2.95 bits per heavy atom. The first-order valence-corrected chi connectivity index (χ1v) is 6.33. The molecule has 0 saturated carbocycles. The summed E-state index contributed by atoms with van der Waals surface area (Å²) in [6.07, 6.45) is 1.76. The highest BCUT2D eigenvalue weighted by molar-refractivity contribution is 5.88. The van der Waals surface area contributed by atoms with E-state index in [0.717, 1.165) is 17.7 Å². The number of amides is 2. The molecule has 1 fully saturated rings. The zero-order valence-electron chi connectivity index (χ0n) is 11.0. The average molecular weight is 262 g/mol. The zero-order valence-corrected chi connectivity index (χ0v) is 11.0. The number of benzene rings is 1. The number of nitrogens with two attached hydrogens (primary N) is 1. The third-order valence-corrected chi connectivity index (χ3v) is 3.39. The van der Waals surface area contributed by atoms with Crippen LogP contribution in [0, 0.1) is 0 Å². The van der Waals surface area contributed by atoms with E-state index in [-0.39, 0.29) is 12.3 Å². The van der Waals surface area contributed by atoms with Crippen LogP contribution < -0.4 is 10.5 Å². The van der Waals surface area contributed by atoms with Crippen LogP contribution >= 0.6 is 0 Å². The lowest BCUT2D eigenvalue weighted by atomic mass is 10.1. The molecule has 2 amide bonds. The van der Waals surface area contributed by atoms with Crippen molar-refractivity contribution in [2.24, 2.45) is 5.73 Å². The van der Waals surface area contributed by atoms with Gasteiger partial charge in [-0.2, -0.15) is 0 Å². The number of hydrogen-bond donors (Lipinski definition) is 1. The van der Waals surface area contributed by atoms with Crippen LogP contribution in [0.5, 0.6) is 5.75 Å². The lowest BCUT2D eigenvalue weighted by Crippen LogP contribution is -2.44. The lowest BCUT2D eigenvalue weighted by Gasteiger charge is -2.22. The van der Waals surface area contributed by atoms with Crippen LogP contribution in [0.2, 0.25) is 0 Å². The van der Waals surface area contributed by atoms with Gasteiger partial charge in [0.1, 0.15) is 11.8 Å². The van der Waals surface area contributed by atoms with Gasteiger partial charge in [0, 0.05) is 6.54 Å². The number of methoxy groups -OCH3 is 1. The van der Waals surface area contributed by atoms with E-state index in [1.807, 2.05) is 24.3 Å². The van der Waals surface area contributed by atoms with Crippen molar-refractivity contribution in [3.63, 3.8) is 0 Å². The van der Waals surface area contributed by atoms with Crippen molar-refractivity contribution in [2.45, 2.75) is 25.3 Å². The fraction of sp³-hybridized carbons (Fsp3) is 0.429. The number of nitrogens with zero attached hydrogens (tertiary/aromatic N) is 1. The Balaban J connectivity index is 2.06. The Morgan fingerprint density at radius 2 is 2.26 bits per heavy atom. The fourth-order valence-corrected chi connectivity index (χ4v) is 2.42. The number of hydrogen-bond acceptors (Lipinski definition) is 3. The maximum Gasteiger partial charge on any atom is 0.240 e. The van der Waals surface area contributed by atoms with Crippen molar-refractivity contribution in [1.29, 1.82) is 0 Å². The Hall–Kier alpha value is -2.04. The minimum Gasteiger partial charge on any atom is -0.497 e. The van der Waals surface area contributed by atoms with Gasteiger partial charge in [0.05, 0.1) is 13.5 Å². The number of ether oxygens (including phenoxy) is 1. The number of primary amides is 1. The molecule has 19 heavy (non-hydrogen) atoms. The molecular formula is C14H18N2O3. The summed E-state index contributed by atoms with van der Waals surface area (Å²) in [4.78, 5) is 25.1. The summed E-state index contributed by atoms with van der Waals surface area (Å²) in [6.45, 7) is 0.608. The highest BCUT2D eigenvalue weighted by Gasteiger charge is 2.32. The molecule has 1 atom stereocenters. The second-order valence-electron chi connectivity index (χ2n) is 4.68. The third-order valence-electron chi connectivity index (χ3n) is 3.39. The largest absolute Gasteiger partial charge is 0.497 e. The van der Waals surface area contributed by atoms with Crippen molar-refractivity contribution < 1.29 is 14.3 Å². The van der Waals surface area contributed by atoms with Crippen molar-refractivity contribution >= 4 is 11.8 Å². The molecule has 1 aromatic rings. The summed E-state index contributed by atoms with van der Waals surface area (Å²) < 4.78 is 5.12. The van der Waals surface area contributed by atoms with E-state index in [2.05, 4.69) is 0 Å². The van der Waals surface area contributed by atoms with Gasteiger partial charge in [-0.3, -0.25) is 9.59 Å². The van der Waals surface area contributed by atoms with Crippen LogP contribution in [-0.4, -0.2) is 36.4 Å². The summed E-state index contributed by atoms with van der Waals surface area (Å²) in [5.41, 5.74) is 6.19. The highest BCUT2D eigenvalue weighted by Crippen LogP contribution is 2.19. The van der Waals surface area contributed by atoms with Gasteiger partial charge >= 0.3 is 0 Å². The predicted molar refractivity (Wildman–Crippen MR) is 70.6 cm³/mol. The first kappa shape index (κ1) is 13.4. The van der Waals surface area contributed by atoms with Gasteiger partial charge in [-0.25, -0.2) is 0 Å². The van der Waals surface area contributed by atoms with Gasteiger partial charge in [-0.1, -0.05) is 12.1 Å². The molecule has 2 N–H and O–H groups in total. The molecule has 1 heterocycles. The Labute approximate surface area is 112 Å². The van der Waals surface area contributed by atoms with Gasteiger partial charge in [0.15, 0.2) is 0 Å². The van der Waals surface area contributed by atoms with E-state index < -0.39 is 11.9 Å². The normalized spacial score (nSPS) is 18.4. The molecule has 0 spiro atoms. The van der Waals surface area contributed by atoms with E-state index in [0.29, 0.717) is 13.0 Å². The van der Waals surface area contributed by atoms with Gasteiger partial charge in [-0.05, 0) is 30.5 Å². The SMILES string of the molecule is COc1cccc(CC(=O)N2CCCC2C(N)=O)c1. The fourth-order valence-electron chi connectivity index (χ4n) is 2.42. The molecule has 2 rings (SSSR count). The molecule has 0 aliphatic carbocycles. The molecule has 0 bridgehead atoms. The van der Waals surface area contributed by atoms with Crippen LogP contribution in [0.1, 0.15) is 18.4 Å². The Morgan fingerprint density at radius 1 is 1.47 bits per heavy atom. The summed E-state index contributed by atoms with van der Waals surface area (Å²) in [5, 5.41) is 0. The molecule has 1 aliphatic rings. The van der Waals surface area contributed by atoms with Crippen LogP contribution in [0.15, 0.2) is 24.3 Å². The zero-order chi connectivity index (χ0) is 13.8. The standard InChI is InChI=1S/C14H18N2O3/c1-19-11-5-2-4-10(8-11)9-13(17)16-7-3-6-12(16)14(15)18/h2,4-5,8,12H,3,6-7,9H2,1H3,(H2,15,18). The van der Waals surface area contributed by atoms with E-state index in [9.17, 15) is 9.59 Å². The average Bonchev–Trinajstić information content (AvgIpc) is 2.88. The minimum absolute atomic E-state index is 0.0606. The topological polar surface area (TPSA) is 72.6 Å². The highest BCUT2D eigenvalue weighted by atomic mass is 16.5. The second kappa shape index (κ2) is 5.73. The quantitative estimate of drug-likeness (QED) is 0.868. The van der Waals surface area contributed by atoms with Gasteiger partial charge in [-0.15, -0.1) is 0 Å². The molecule has 0 radical (unpaired) electrons. The van der Waals surface area contributed by atoms with Crippen molar-refractivity contribution in [3.05, 3.63) is 29.8 Å². The molecule has 1 aliphatic heterocycles. The Kier molecular flexibility index (Phi) is 4.04. The molecule has 1 unspecified atom stereocenters. The third kappa shape index (κ3) is 3.05. The molecule has 1 aromatic carbocycles. The first-order chi connectivity index (χ1) is 9.11. The lowest BCUT2D eigenvalue weighted by molar-refractivity contribution is -0.136. The maximum absolute atomic E-state index is 12.2. The van der Waals surface area contributed by atoms with Gasteiger partial charge in [0.2, 0.25) is 11.8 Å². The Bertz CT molecular complexity index is 487. The molecule has 5 heteroatoms. The molecular weight excluding hydrogens is 244 g/mol. The maximum atomic E-state index is 12.2. The van der Waals surface area contributed by atoms with E-state index in [1.54, 1.807) is 12.0 Å². The van der Waals surface area contributed by atoms with Crippen LogP contribution in [0.3, 0.4) is 0 Å². The van der Waals surface area contributed by atoms with Crippen LogP contribution in [0.25, 0.3) is 0 Å². The van der Waals surface area contributed by atoms with Gasteiger partial charge in [0.25, 0.3) is 0 Å². The first-order valence-electron chi connectivity index (χ1n) is 6.33. The number of likely N-dealkylation sites (tertiary alicyclic amines) is 1. The van der Waals surface area contributed by atoms with Crippen molar-refractivity contribution in [2.75, 3.05) is 13.7 Å². The monoisotopic (exact) mass is 262 g/mol. The molecule has 0 aromatic heterocycles. The van der Waals surface area contributed by atoms with Gasteiger partial charge < -0.3 is 15.4 Å². The summed E-state index contributed by atoms with van der Waals surface area (Å²) >= 11 is 0. The summed E-state index contributed by atoms with van der Waals surface area (Å²) in [5.74, 6) is 0.240. The van der Waals surface area contributed by atoms with E-state index in [1.165, 1.54) is 0 Å². The van der Waals surface area contributed by atoms with Crippen LogP contribution in [0.4, 0.5) is 0 Å². The van der Waals surface area contributed by atoms with Crippen LogP contribution in [-0.2, 0) is 16.0 Å². The molecule has 102 valence electrons. The second-order valence-corrected chi connectivity index (χ2v) is 4.68. The smallest absolute Gasteiger partial charge is 0.240 e. The van der Waals surface area contributed by atoms with E-state index in [4.69, 9.17) is 10.5 Å². The molecule has 5 nitrogen and oxygen atoms in total. The molecule has 1 saturated heterocycles. The van der Waals surface area contributed by atoms with E-state index >= 15 is 0 Å². The minimum atomic E-state index is -0.446. The number of rotatable bonds is 4. The van der Waals surface area contributed by atoms with Crippen molar-refractivity contribution in [3.8, 4) is 5.75 Å². The number of carbonyl (C=O) groups excluding carboxylic acids is 2. The summed E-state index contributed by atoms with van der Waals surface area (Å²) in [6, 6.07) is 6.92. The summed E-state index contributed by atoms with van der Waals surface area (Å²) in [7, 11) is 1.59. The van der Waals surface area contributed by atoms with Crippen molar-refractivity contribution in [1.82, 2.24) is 4.90 Å².